The molecule has 0 bridgehead atoms. The first kappa shape index (κ1) is 20.6. The number of ether oxygens (including phenoxy) is 1. The first-order valence-corrected chi connectivity index (χ1v) is 9.93. The Bertz CT molecular complexity index is 908. The topological polar surface area (TPSA) is 102 Å². The first-order valence-electron chi connectivity index (χ1n) is 8.45. The van der Waals surface area contributed by atoms with Crippen LogP contribution in [0.2, 0.25) is 0 Å². The minimum absolute atomic E-state index is 0.0421. The second-order valence-corrected chi connectivity index (χ2v) is 7.58. The summed E-state index contributed by atoms with van der Waals surface area (Å²) in [7, 11) is -3.66. The Labute approximate surface area is 158 Å². The zero-order valence-corrected chi connectivity index (χ0v) is 16.0. The first-order chi connectivity index (χ1) is 12.8. The summed E-state index contributed by atoms with van der Waals surface area (Å²) in [6.07, 6.45) is -0.0469. The third-order valence-electron chi connectivity index (χ3n) is 3.63. The van der Waals surface area contributed by atoms with E-state index >= 15 is 0 Å². The van der Waals surface area contributed by atoms with Crippen molar-refractivity contribution >= 4 is 27.6 Å². The van der Waals surface area contributed by atoms with E-state index in [0.717, 1.165) is 5.56 Å². The molecule has 0 saturated heterocycles. The van der Waals surface area contributed by atoms with Gasteiger partial charge in [0.2, 0.25) is 15.9 Å². The van der Waals surface area contributed by atoms with Crippen molar-refractivity contribution in [3.63, 3.8) is 0 Å². The highest BCUT2D eigenvalue weighted by molar-refractivity contribution is 7.89. The van der Waals surface area contributed by atoms with Crippen LogP contribution >= 0.6 is 0 Å². The molecule has 0 aliphatic heterocycles. The summed E-state index contributed by atoms with van der Waals surface area (Å²) >= 11 is 0. The number of carbonyl (C=O) groups excluding carboxylic acids is 2. The van der Waals surface area contributed by atoms with E-state index in [4.69, 9.17) is 4.74 Å². The predicted octanol–water partition coefficient (Wildman–Crippen LogP) is 2.48. The van der Waals surface area contributed by atoms with E-state index in [0.29, 0.717) is 11.3 Å². The third-order valence-corrected chi connectivity index (χ3v) is 5.11. The number of aryl methyl sites for hydroxylation is 1. The van der Waals surface area contributed by atoms with Crippen LogP contribution in [0, 0.1) is 6.92 Å². The van der Waals surface area contributed by atoms with Crippen LogP contribution in [0.3, 0.4) is 0 Å². The van der Waals surface area contributed by atoms with E-state index in [2.05, 4.69) is 10.0 Å². The van der Waals surface area contributed by atoms with Gasteiger partial charge in [0.25, 0.3) is 0 Å². The Morgan fingerprint density at radius 1 is 1.07 bits per heavy atom. The van der Waals surface area contributed by atoms with Crippen molar-refractivity contribution < 1.29 is 22.7 Å². The highest BCUT2D eigenvalue weighted by Gasteiger charge is 2.14. The van der Waals surface area contributed by atoms with Crippen LogP contribution in [-0.2, 0) is 19.6 Å². The molecule has 7 nitrogen and oxygen atoms in total. The van der Waals surface area contributed by atoms with Crippen molar-refractivity contribution in [2.24, 2.45) is 0 Å². The number of amides is 1. The summed E-state index contributed by atoms with van der Waals surface area (Å²) in [5.74, 6) is -0.845. The van der Waals surface area contributed by atoms with Crippen LogP contribution < -0.4 is 10.0 Å². The molecular formula is C19H22N2O5S. The lowest BCUT2D eigenvalue weighted by Gasteiger charge is -2.09. The zero-order chi connectivity index (χ0) is 19.9. The Hall–Kier alpha value is -2.71. The van der Waals surface area contributed by atoms with E-state index in [9.17, 15) is 18.0 Å². The van der Waals surface area contributed by atoms with Gasteiger partial charge in [-0.25, -0.2) is 17.9 Å². The van der Waals surface area contributed by atoms with E-state index in [1.54, 1.807) is 37.3 Å². The third kappa shape index (κ3) is 6.19. The lowest BCUT2D eigenvalue weighted by atomic mass is 10.2. The lowest BCUT2D eigenvalue weighted by molar-refractivity contribution is -0.116. The van der Waals surface area contributed by atoms with Crippen molar-refractivity contribution in [1.82, 2.24) is 4.72 Å². The number of sulfonamides is 1. The second kappa shape index (κ2) is 9.29. The van der Waals surface area contributed by atoms with Crippen LogP contribution in [0.4, 0.5) is 5.69 Å². The van der Waals surface area contributed by atoms with Crippen LogP contribution in [-0.4, -0.2) is 33.4 Å². The number of hydrogen-bond acceptors (Lipinski definition) is 5. The Kier molecular flexibility index (Phi) is 7.09. The molecule has 0 saturated carbocycles. The molecule has 2 N–H and O–H groups in total. The van der Waals surface area contributed by atoms with Crippen LogP contribution in [0.5, 0.6) is 0 Å². The molecular weight excluding hydrogens is 368 g/mol. The predicted molar refractivity (Wildman–Crippen MR) is 102 cm³/mol. The summed E-state index contributed by atoms with van der Waals surface area (Å²) in [5.41, 5.74) is 1.72. The van der Waals surface area contributed by atoms with E-state index in [1.165, 1.54) is 18.2 Å². The molecule has 0 fully saturated rings. The van der Waals surface area contributed by atoms with Gasteiger partial charge in [-0.15, -0.1) is 0 Å². The number of carbonyl (C=O) groups is 2. The molecule has 8 heteroatoms. The minimum Gasteiger partial charge on any atom is -0.462 e. The zero-order valence-electron chi connectivity index (χ0n) is 15.2. The molecule has 27 heavy (non-hydrogen) atoms. The Morgan fingerprint density at radius 3 is 2.44 bits per heavy atom. The van der Waals surface area contributed by atoms with E-state index in [1.807, 2.05) is 6.92 Å². The Morgan fingerprint density at radius 2 is 1.78 bits per heavy atom. The maximum atomic E-state index is 12.2. The molecule has 2 rings (SSSR count). The van der Waals surface area contributed by atoms with Gasteiger partial charge in [0, 0.05) is 18.7 Å². The van der Waals surface area contributed by atoms with Gasteiger partial charge in [-0.1, -0.05) is 23.8 Å². The number of anilines is 1. The molecule has 0 aromatic heterocycles. The van der Waals surface area contributed by atoms with Gasteiger partial charge >= 0.3 is 5.97 Å². The van der Waals surface area contributed by atoms with E-state index < -0.39 is 16.0 Å². The van der Waals surface area contributed by atoms with Gasteiger partial charge in [-0.3, -0.25) is 4.79 Å². The minimum atomic E-state index is -3.66. The summed E-state index contributed by atoms with van der Waals surface area (Å²) in [4.78, 5) is 23.9. The van der Waals surface area contributed by atoms with Gasteiger partial charge in [0.15, 0.2) is 0 Å². The smallest absolute Gasteiger partial charge is 0.338 e. The standard InChI is InChI=1S/C19H22N2O5S/c1-3-26-19(23)15-5-4-6-16(13-15)21-18(22)11-12-20-27(24,25)17-9-7-14(2)8-10-17/h4-10,13,20H,3,11-12H2,1-2H3,(H,21,22). The lowest BCUT2D eigenvalue weighted by Crippen LogP contribution is -2.27. The molecule has 0 atom stereocenters. The highest BCUT2D eigenvalue weighted by Crippen LogP contribution is 2.13. The highest BCUT2D eigenvalue weighted by atomic mass is 32.2. The normalized spacial score (nSPS) is 11.0. The van der Waals surface area contributed by atoms with Gasteiger partial charge in [-0.2, -0.15) is 0 Å². The number of nitrogens with one attached hydrogen (secondary N) is 2. The molecule has 144 valence electrons. The summed E-state index contributed by atoms with van der Waals surface area (Å²) < 4.78 is 31.6. The number of esters is 1. The molecule has 2 aromatic rings. The molecule has 0 aliphatic rings. The molecule has 0 unspecified atom stereocenters. The average Bonchev–Trinajstić information content (AvgIpc) is 2.62. The average molecular weight is 390 g/mol. The van der Waals surface area contributed by atoms with Crippen molar-refractivity contribution in [2.75, 3.05) is 18.5 Å². The number of hydrogen-bond donors (Lipinski definition) is 2. The molecule has 0 heterocycles. The Balaban J connectivity index is 1.88. The number of benzene rings is 2. The molecule has 0 aliphatic carbocycles. The fourth-order valence-corrected chi connectivity index (χ4v) is 3.29. The van der Waals surface area contributed by atoms with Crippen LogP contribution in [0.15, 0.2) is 53.4 Å². The molecule has 2 aromatic carbocycles. The molecule has 0 spiro atoms. The fraction of sp³-hybridized carbons (Fsp3) is 0.263. The van der Waals surface area contributed by atoms with Gasteiger partial charge in [0.05, 0.1) is 17.1 Å². The maximum absolute atomic E-state index is 12.2. The van der Waals surface area contributed by atoms with Crippen LogP contribution in [0.1, 0.15) is 29.3 Å². The molecule has 0 radical (unpaired) electrons. The van der Waals surface area contributed by atoms with Crippen molar-refractivity contribution in [2.45, 2.75) is 25.2 Å². The monoisotopic (exact) mass is 390 g/mol. The maximum Gasteiger partial charge on any atom is 0.338 e. The summed E-state index contributed by atoms with van der Waals surface area (Å²) in [5, 5.41) is 2.63. The molecule has 1 amide bonds. The number of rotatable bonds is 8. The summed E-state index contributed by atoms with van der Waals surface area (Å²) in [6, 6.07) is 12.8. The van der Waals surface area contributed by atoms with Crippen molar-refractivity contribution in [3.05, 3.63) is 59.7 Å². The van der Waals surface area contributed by atoms with Crippen molar-refractivity contribution in [1.29, 1.82) is 0 Å². The van der Waals surface area contributed by atoms with Gasteiger partial charge in [0.1, 0.15) is 0 Å². The van der Waals surface area contributed by atoms with Crippen molar-refractivity contribution in [3.8, 4) is 0 Å². The second-order valence-electron chi connectivity index (χ2n) is 5.81. The fourth-order valence-electron chi connectivity index (χ4n) is 2.26. The van der Waals surface area contributed by atoms with Gasteiger partial charge < -0.3 is 10.1 Å². The van der Waals surface area contributed by atoms with E-state index in [-0.39, 0.29) is 30.4 Å². The quantitative estimate of drug-likeness (QED) is 0.674. The summed E-state index contributed by atoms with van der Waals surface area (Å²) in [6.45, 7) is 3.79. The SMILES string of the molecule is CCOC(=O)c1cccc(NC(=O)CCNS(=O)(=O)c2ccc(C)cc2)c1. The van der Waals surface area contributed by atoms with Gasteiger partial charge in [-0.05, 0) is 44.2 Å². The largest absolute Gasteiger partial charge is 0.462 e. The van der Waals surface area contributed by atoms with Crippen LogP contribution in [0.25, 0.3) is 0 Å².